The molecule has 0 aliphatic heterocycles. The molecule has 5 aromatic rings. The Labute approximate surface area is 182 Å². The van der Waals surface area contributed by atoms with E-state index < -0.39 is 0 Å². The van der Waals surface area contributed by atoms with Gasteiger partial charge < -0.3 is 20.0 Å². The molecule has 2 heterocycles. The molecule has 0 amide bonds. The van der Waals surface area contributed by atoms with Gasteiger partial charge >= 0.3 is 6.01 Å². The van der Waals surface area contributed by atoms with Crippen molar-refractivity contribution in [3.63, 3.8) is 0 Å². The summed E-state index contributed by atoms with van der Waals surface area (Å²) < 4.78 is 5.21. The van der Waals surface area contributed by atoms with Crippen molar-refractivity contribution in [2.75, 3.05) is 5.43 Å². The molecule has 5 rings (SSSR count). The van der Waals surface area contributed by atoms with Gasteiger partial charge in [0.25, 0.3) is 0 Å². The van der Waals surface area contributed by atoms with Crippen LogP contribution in [0.15, 0.2) is 70.3 Å². The van der Waals surface area contributed by atoms with E-state index in [9.17, 15) is 5.11 Å². The molecular formula is C23H19N7O2. The number of aromatic amines is 1. The van der Waals surface area contributed by atoms with E-state index in [1.807, 2.05) is 43.3 Å². The molecule has 4 N–H and O–H groups in total. The quantitative estimate of drug-likeness (QED) is 0.230. The first-order valence-corrected chi connectivity index (χ1v) is 10.0. The highest BCUT2D eigenvalue weighted by atomic mass is 16.5. The maximum atomic E-state index is 9.64. The van der Waals surface area contributed by atoms with Crippen LogP contribution in [0.1, 0.15) is 19.2 Å². The highest BCUT2D eigenvalue weighted by Gasteiger charge is 2.16. The number of benzene rings is 3. The molecule has 0 fully saturated rings. The van der Waals surface area contributed by atoms with E-state index in [0.29, 0.717) is 35.1 Å². The van der Waals surface area contributed by atoms with Gasteiger partial charge in [0.05, 0.1) is 16.7 Å². The number of imidazole rings is 1. The van der Waals surface area contributed by atoms with Gasteiger partial charge in [-0.3, -0.25) is 0 Å². The van der Waals surface area contributed by atoms with Crippen molar-refractivity contribution >= 4 is 39.2 Å². The van der Waals surface area contributed by atoms with Crippen LogP contribution >= 0.6 is 0 Å². The van der Waals surface area contributed by atoms with Gasteiger partial charge in [-0.25, -0.2) is 10.4 Å². The van der Waals surface area contributed by atoms with E-state index >= 15 is 0 Å². The largest absolute Gasteiger partial charge is 0.508 e. The van der Waals surface area contributed by atoms with Crippen molar-refractivity contribution in [1.82, 2.24) is 20.1 Å². The Kier molecular flexibility index (Phi) is 4.83. The molecule has 0 saturated carbocycles. The Bertz CT molecular complexity index is 1430. The summed E-state index contributed by atoms with van der Waals surface area (Å²) in [5.41, 5.74) is 5.64. The molecular weight excluding hydrogens is 406 g/mol. The summed E-state index contributed by atoms with van der Waals surface area (Å²) in [4.78, 5) is 12.1. The Morgan fingerprint density at radius 2 is 1.91 bits per heavy atom. The molecule has 0 aliphatic rings. The molecule has 32 heavy (non-hydrogen) atoms. The van der Waals surface area contributed by atoms with Gasteiger partial charge in [0.15, 0.2) is 5.82 Å². The number of aromatic nitrogens is 4. The third-order valence-electron chi connectivity index (χ3n) is 5.01. The van der Waals surface area contributed by atoms with Gasteiger partial charge in [-0.15, -0.1) is 0 Å². The van der Waals surface area contributed by atoms with Gasteiger partial charge in [-0.05, 0) is 41.5 Å². The fourth-order valence-electron chi connectivity index (χ4n) is 3.37. The number of anilines is 1. The lowest BCUT2D eigenvalue weighted by molar-refractivity contribution is 0.432. The molecule has 0 spiro atoms. The number of hydrazone groups is 1. The number of aromatic hydroxyl groups is 1. The van der Waals surface area contributed by atoms with Crippen molar-refractivity contribution in [2.45, 2.75) is 13.3 Å². The summed E-state index contributed by atoms with van der Waals surface area (Å²) >= 11 is 0. The number of H-pyrrole nitrogens is 1. The lowest BCUT2D eigenvalue weighted by Crippen LogP contribution is -2.17. The number of phenolic OH excluding ortho intramolecular Hbond substituents is 1. The molecule has 0 saturated heterocycles. The van der Waals surface area contributed by atoms with Gasteiger partial charge in [0.2, 0.25) is 5.82 Å². The first kappa shape index (κ1) is 19.4. The molecule has 0 unspecified atom stereocenters. The minimum Gasteiger partial charge on any atom is -0.508 e. The summed E-state index contributed by atoms with van der Waals surface area (Å²) in [5.74, 6) is 0.888. The van der Waals surface area contributed by atoms with Crippen molar-refractivity contribution in [2.24, 2.45) is 5.10 Å². The highest BCUT2D eigenvalue weighted by Crippen LogP contribution is 2.23. The number of hydrogen-bond acceptors (Lipinski definition) is 8. The van der Waals surface area contributed by atoms with E-state index in [0.717, 1.165) is 21.8 Å². The molecule has 158 valence electrons. The Balaban J connectivity index is 1.47. The minimum absolute atomic E-state index is 0.0617. The zero-order valence-electron chi connectivity index (χ0n) is 17.1. The summed E-state index contributed by atoms with van der Waals surface area (Å²) in [6.45, 7) is 1.88. The van der Waals surface area contributed by atoms with E-state index in [1.165, 1.54) is 6.07 Å². The number of hydrogen-bond donors (Lipinski definition) is 4. The van der Waals surface area contributed by atoms with Crippen LogP contribution < -0.4 is 5.43 Å². The fraction of sp³-hybridized carbons (Fsp3) is 0.0870. The lowest BCUT2D eigenvalue weighted by Gasteiger charge is -2.03. The monoisotopic (exact) mass is 425 g/mol. The van der Waals surface area contributed by atoms with E-state index in [4.69, 9.17) is 9.93 Å². The maximum Gasteiger partial charge on any atom is 0.342 e. The van der Waals surface area contributed by atoms with Crippen molar-refractivity contribution in [3.05, 3.63) is 66.5 Å². The smallest absolute Gasteiger partial charge is 0.342 e. The number of nitrogens with one attached hydrogen (secondary N) is 3. The Morgan fingerprint density at radius 1 is 1.09 bits per heavy atom. The third-order valence-corrected chi connectivity index (χ3v) is 5.01. The van der Waals surface area contributed by atoms with Crippen LogP contribution in [0, 0.1) is 5.41 Å². The average Bonchev–Trinajstić information content (AvgIpc) is 3.44. The molecule has 2 aromatic heterocycles. The number of nitrogens with zero attached hydrogens (tertiary/aromatic N) is 4. The van der Waals surface area contributed by atoms with Gasteiger partial charge in [-0.1, -0.05) is 48.5 Å². The van der Waals surface area contributed by atoms with Crippen LogP contribution in [0.3, 0.4) is 0 Å². The zero-order chi connectivity index (χ0) is 22.1. The first-order chi connectivity index (χ1) is 15.6. The summed E-state index contributed by atoms with van der Waals surface area (Å²) in [6.07, 6.45) is 0.470. The first-order valence-electron chi connectivity index (χ1n) is 10.0. The van der Waals surface area contributed by atoms with Crippen LogP contribution in [0.25, 0.3) is 33.2 Å². The number of rotatable bonds is 6. The second-order valence-corrected chi connectivity index (χ2v) is 7.18. The SMILES string of the molecule is CCC(=N)C(=NNc1nc(-c2cccc(O)c2)no1)c1nc2cc3ccccc3cc2[nH]1. The fourth-order valence-corrected chi connectivity index (χ4v) is 3.37. The van der Waals surface area contributed by atoms with Crippen LogP contribution in [0.2, 0.25) is 0 Å². The van der Waals surface area contributed by atoms with Crippen molar-refractivity contribution < 1.29 is 9.63 Å². The van der Waals surface area contributed by atoms with E-state index in [1.54, 1.807) is 18.2 Å². The predicted octanol–water partition coefficient (Wildman–Crippen LogP) is 4.72. The number of fused-ring (bicyclic) bond motifs is 2. The standard InChI is InChI=1S/C23H19N7O2/c1-2-17(24)20(22-25-18-11-13-6-3-4-7-14(13)12-19(18)26-22)28-29-23-27-21(30-32-23)15-8-5-9-16(31)10-15/h3-12,24,31H,2H2,1H3,(H,25,26)(H,27,29,30). The highest BCUT2D eigenvalue weighted by molar-refractivity contribution is 6.46. The third kappa shape index (κ3) is 3.67. The van der Waals surface area contributed by atoms with Crippen molar-refractivity contribution in [1.29, 1.82) is 5.41 Å². The van der Waals surface area contributed by atoms with Crippen molar-refractivity contribution in [3.8, 4) is 17.1 Å². The lowest BCUT2D eigenvalue weighted by atomic mass is 10.1. The summed E-state index contributed by atoms with van der Waals surface area (Å²) in [5, 5.41) is 28.4. The van der Waals surface area contributed by atoms with Crippen LogP contribution in [-0.2, 0) is 0 Å². The molecule has 0 atom stereocenters. The van der Waals surface area contributed by atoms with Gasteiger partial charge in [0.1, 0.15) is 11.5 Å². The number of phenols is 1. The predicted molar refractivity (Wildman–Crippen MR) is 123 cm³/mol. The van der Waals surface area contributed by atoms with E-state index in [2.05, 4.69) is 30.6 Å². The second kappa shape index (κ2) is 7.95. The van der Waals surface area contributed by atoms with E-state index in [-0.39, 0.29) is 11.8 Å². The zero-order valence-corrected chi connectivity index (χ0v) is 17.1. The molecule has 3 aromatic carbocycles. The summed E-state index contributed by atoms with van der Waals surface area (Å²) in [6, 6.07) is 18.7. The Hall–Kier alpha value is -4.53. The second-order valence-electron chi connectivity index (χ2n) is 7.18. The van der Waals surface area contributed by atoms with Gasteiger partial charge in [0, 0.05) is 5.56 Å². The Morgan fingerprint density at radius 3 is 2.69 bits per heavy atom. The van der Waals surface area contributed by atoms with Gasteiger partial charge in [-0.2, -0.15) is 10.1 Å². The molecule has 0 radical (unpaired) electrons. The minimum atomic E-state index is 0.0617. The average molecular weight is 425 g/mol. The molecule has 9 nitrogen and oxygen atoms in total. The molecule has 0 aliphatic carbocycles. The molecule has 0 bridgehead atoms. The topological polar surface area (TPSA) is 136 Å². The van der Waals surface area contributed by atoms with Crippen LogP contribution in [0.4, 0.5) is 6.01 Å². The van der Waals surface area contributed by atoms with Crippen LogP contribution in [-0.4, -0.2) is 36.6 Å². The summed E-state index contributed by atoms with van der Waals surface area (Å²) in [7, 11) is 0. The maximum absolute atomic E-state index is 9.64. The van der Waals surface area contributed by atoms with Crippen LogP contribution in [0.5, 0.6) is 5.75 Å². The molecule has 9 heteroatoms. The normalized spacial score (nSPS) is 11.8.